The third-order valence-electron chi connectivity index (χ3n) is 3.38. The number of aromatic amines is 1. The Hall–Kier alpha value is -3.33. The quantitative estimate of drug-likeness (QED) is 0.510. The maximum absolute atomic E-state index is 12.2. The molecular weight excluding hydrogens is 338 g/mol. The summed E-state index contributed by atoms with van der Waals surface area (Å²) in [5.41, 5.74) is 2.14. The normalized spacial score (nSPS) is 10.7. The van der Waals surface area contributed by atoms with Crippen molar-refractivity contribution in [2.24, 2.45) is 0 Å². The van der Waals surface area contributed by atoms with Crippen LogP contribution in [0.5, 0.6) is 0 Å². The Morgan fingerprint density at radius 3 is 2.80 bits per heavy atom. The first-order valence-corrected chi connectivity index (χ1v) is 8.37. The molecule has 3 heterocycles. The second-order valence-corrected chi connectivity index (χ2v) is 5.98. The van der Waals surface area contributed by atoms with Crippen molar-refractivity contribution >= 4 is 39.4 Å². The predicted octanol–water partition coefficient (Wildman–Crippen LogP) is 2.48. The number of para-hydroxylation sites is 2. The average molecular weight is 351 g/mol. The van der Waals surface area contributed by atoms with Gasteiger partial charge in [-0.05, 0) is 18.2 Å². The van der Waals surface area contributed by atoms with E-state index in [4.69, 9.17) is 0 Å². The van der Waals surface area contributed by atoms with Gasteiger partial charge < -0.3 is 15.6 Å². The van der Waals surface area contributed by atoms with E-state index in [2.05, 4.69) is 35.6 Å². The zero-order chi connectivity index (χ0) is 17.1. The van der Waals surface area contributed by atoms with E-state index in [-0.39, 0.29) is 5.91 Å². The van der Waals surface area contributed by atoms with Crippen LogP contribution >= 0.6 is 11.3 Å². The Balaban J connectivity index is 1.39. The summed E-state index contributed by atoms with van der Waals surface area (Å²) in [4.78, 5) is 32.2. The number of aromatic nitrogens is 5. The van der Waals surface area contributed by atoms with Crippen LogP contribution in [0.3, 0.4) is 0 Å². The number of nitrogens with zero attached hydrogens (tertiary/aromatic N) is 4. The molecule has 0 aliphatic carbocycles. The van der Waals surface area contributed by atoms with Gasteiger partial charge in [0.2, 0.25) is 5.95 Å². The molecule has 124 valence electrons. The van der Waals surface area contributed by atoms with Crippen molar-refractivity contribution in [1.82, 2.24) is 30.2 Å². The molecule has 1 amide bonds. The van der Waals surface area contributed by atoms with Gasteiger partial charge in [0.05, 0.1) is 17.6 Å². The maximum atomic E-state index is 12.2. The Kier molecular flexibility index (Phi) is 4.05. The molecule has 0 fully saturated rings. The number of rotatable bonds is 5. The zero-order valence-electron chi connectivity index (χ0n) is 12.9. The highest BCUT2D eigenvalue weighted by Gasteiger charge is 2.12. The van der Waals surface area contributed by atoms with Crippen molar-refractivity contribution in [1.29, 1.82) is 0 Å². The first-order chi connectivity index (χ1) is 12.3. The van der Waals surface area contributed by atoms with Crippen molar-refractivity contribution in [3.63, 3.8) is 0 Å². The lowest BCUT2D eigenvalue weighted by molar-refractivity contribution is 0.0946. The van der Waals surface area contributed by atoms with Crippen LogP contribution in [0.1, 0.15) is 16.3 Å². The zero-order valence-corrected chi connectivity index (χ0v) is 13.7. The Morgan fingerprint density at radius 1 is 1.12 bits per heavy atom. The van der Waals surface area contributed by atoms with Crippen LogP contribution < -0.4 is 10.6 Å². The molecule has 25 heavy (non-hydrogen) atoms. The van der Waals surface area contributed by atoms with Crippen molar-refractivity contribution < 1.29 is 4.79 Å². The number of hydrogen-bond acceptors (Lipinski definition) is 7. The van der Waals surface area contributed by atoms with Crippen molar-refractivity contribution in [2.45, 2.75) is 6.54 Å². The van der Waals surface area contributed by atoms with Gasteiger partial charge >= 0.3 is 0 Å². The van der Waals surface area contributed by atoms with Crippen molar-refractivity contribution in [3.05, 3.63) is 59.6 Å². The second kappa shape index (κ2) is 6.65. The molecule has 8 nitrogen and oxygen atoms in total. The third-order valence-corrected chi connectivity index (χ3v) is 4.13. The van der Waals surface area contributed by atoms with Gasteiger partial charge in [0.25, 0.3) is 5.91 Å². The molecule has 3 N–H and O–H groups in total. The van der Waals surface area contributed by atoms with Gasteiger partial charge in [0.1, 0.15) is 11.5 Å². The van der Waals surface area contributed by atoms with Crippen LogP contribution in [0.4, 0.5) is 11.1 Å². The molecule has 0 aliphatic heterocycles. The van der Waals surface area contributed by atoms with E-state index in [9.17, 15) is 4.79 Å². The van der Waals surface area contributed by atoms with Crippen LogP contribution in [0.15, 0.2) is 48.1 Å². The number of nitrogens with one attached hydrogen (secondary N) is 3. The van der Waals surface area contributed by atoms with Crippen molar-refractivity contribution in [2.75, 3.05) is 5.32 Å². The van der Waals surface area contributed by atoms with Gasteiger partial charge in [-0.3, -0.25) is 4.79 Å². The summed E-state index contributed by atoms with van der Waals surface area (Å²) in [5.74, 6) is 0.866. The number of fused-ring (bicyclic) bond motifs is 1. The highest BCUT2D eigenvalue weighted by Crippen LogP contribution is 2.18. The number of imidazole rings is 1. The summed E-state index contributed by atoms with van der Waals surface area (Å²) in [7, 11) is 0. The molecular formula is C16H13N7OS. The van der Waals surface area contributed by atoms with E-state index in [0.29, 0.717) is 29.1 Å². The maximum Gasteiger partial charge on any atom is 0.271 e. The molecule has 0 radical (unpaired) electrons. The number of hydrogen-bond donors (Lipinski definition) is 3. The molecule has 0 atom stereocenters. The van der Waals surface area contributed by atoms with Crippen LogP contribution in [0.25, 0.3) is 11.0 Å². The minimum atomic E-state index is -0.265. The van der Waals surface area contributed by atoms with E-state index in [1.54, 1.807) is 23.8 Å². The first kappa shape index (κ1) is 15.2. The van der Waals surface area contributed by atoms with E-state index in [0.717, 1.165) is 11.0 Å². The minimum Gasteiger partial charge on any atom is -0.343 e. The van der Waals surface area contributed by atoms with E-state index >= 15 is 0 Å². The first-order valence-electron chi connectivity index (χ1n) is 7.49. The molecule has 1 aromatic carbocycles. The number of H-pyrrole nitrogens is 1. The van der Waals surface area contributed by atoms with Crippen LogP contribution in [0, 0.1) is 0 Å². The minimum absolute atomic E-state index is 0.265. The second-order valence-electron chi connectivity index (χ2n) is 5.12. The van der Waals surface area contributed by atoms with Gasteiger partial charge in [0, 0.05) is 17.8 Å². The van der Waals surface area contributed by atoms with Gasteiger partial charge in [-0.25, -0.2) is 19.9 Å². The lowest BCUT2D eigenvalue weighted by Crippen LogP contribution is -2.23. The van der Waals surface area contributed by atoms with Crippen molar-refractivity contribution in [3.8, 4) is 0 Å². The molecule has 4 rings (SSSR count). The highest BCUT2D eigenvalue weighted by atomic mass is 32.1. The lowest BCUT2D eigenvalue weighted by Gasteiger charge is -2.00. The van der Waals surface area contributed by atoms with Gasteiger partial charge in [-0.2, -0.15) is 0 Å². The summed E-state index contributed by atoms with van der Waals surface area (Å²) in [6.45, 7) is 0.301. The number of amides is 1. The van der Waals surface area contributed by atoms with Gasteiger partial charge in [0.15, 0.2) is 5.13 Å². The predicted molar refractivity (Wildman–Crippen MR) is 94.7 cm³/mol. The summed E-state index contributed by atoms with van der Waals surface area (Å²) < 4.78 is 0. The number of benzene rings is 1. The summed E-state index contributed by atoms with van der Waals surface area (Å²) in [5, 5.41) is 8.00. The average Bonchev–Trinajstić information content (AvgIpc) is 3.27. The summed E-state index contributed by atoms with van der Waals surface area (Å²) >= 11 is 1.31. The SMILES string of the molecule is O=C(NCc1nc2ccccc2[nH]1)c1csc(Nc2ncccn2)n1. The van der Waals surface area contributed by atoms with Gasteiger partial charge in [-0.1, -0.05) is 12.1 Å². The smallest absolute Gasteiger partial charge is 0.271 e. The summed E-state index contributed by atoms with van der Waals surface area (Å²) in [6, 6.07) is 9.44. The number of thiazole rings is 1. The van der Waals surface area contributed by atoms with Gasteiger partial charge in [-0.15, -0.1) is 11.3 Å². The lowest BCUT2D eigenvalue weighted by atomic mass is 10.3. The Bertz CT molecular complexity index is 978. The van der Waals surface area contributed by atoms with E-state index in [1.807, 2.05) is 24.3 Å². The monoisotopic (exact) mass is 351 g/mol. The summed E-state index contributed by atoms with van der Waals surface area (Å²) in [6.07, 6.45) is 3.26. The molecule has 0 bridgehead atoms. The standard InChI is InChI=1S/C16H13N7OS/c24-14(19-8-13-20-10-4-1-2-5-11(10)21-13)12-9-25-16(22-12)23-15-17-6-3-7-18-15/h1-7,9H,8H2,(H,19,24)(H,20,21)(H,17,18,22,23). The fourth-order valence-electron chi connectivity index (χ4n) is 2.24. The van der Waals surface area contributed by atoms with Crippen LogP contribution in [0.2, 0.25) is 0 Å². The molecule has 0 saturated carbocycles. The topological polar surface area (TPSA) is 108 Å². The fourth-order valence-corrected chi connectivity index (χ4v) is 2.92. The van der Waals surface area contributed by atoms with Crippen LogP contribution in [-0.2, 0) is 6.54 Å². The third kappa shape index (κ3) is 3.45. The number of carbonyl (C=O) groups is 1. The molecule has 4 aromatic rings. The molecule has 0 unspecified atom stereocenters. The molecule has 0 saturated heterocycles. The largest absolute Gasteiger partial charge is 0.343 e. The Morgan fingerprint density at radius 2 is 1.96 bits per heavy atom. The molecule has 9 heteroatoms. The molecule has 0 aliphatic rings. The van der Waals surface area contributed by atoms with E-state index < -0.39 is 0 Å². The Labute approximate surface area is 146 Å². The highest BCUT2D eigenvalue weighted by molar-refractivity contribution is 7.14. The molecule has 0 spiro atoms. The number of carbonyl (C=O) groups excluding carboxylic acids is 1. The van der Waals surface area contributed by atoms with Crippen LogP contribution in [-0.4, -0.2) is 30.8 Å². The fraction of sp³-hybridized carbons (Fsp3) is 0.0625. The molecule has 3 aromatic heterocycles. The number of anilines is 2. The van der Waals surface area contributed by atoms with E-state index in [1.165, 1.54) is 11.3 Å².